The Labute approximate surface area is 61.8 Å². The fourth-order valence-electron chi connectivity index (χ4n) is 0.0500. The topological polar surface area (TPSA) is 127 Å². The molecule has 11 heavy (non-hydrogen) atoms. The standard InChI is InChI=1S/C2H7NO2.C2H2O4/c4-2-1-3-5;3-1(4)2(5)6/h3-5H,1-2H2;(H,3,4)(H,5,6). The Kier molecular flexibility index (Phi) is 10.0. The van der Waals surface area contributed by atoms with Gasteiger partial charge in [-0.1, -0.05) is 0 Å². The van der Waals surface area contributed by atoms with Crippen molar-refractivity contribution in [2.24, 2.45) is 0 Å². The molecular formula is C4H9NO6. The Hall–Kier alpha value is -1.18. The van der Waals surface area contributed by atoms with Crippen molar-refractivity contribution in [2.45, 2.75) is 0 Å². The van der Waals surface area contributed by atoms with Gasteiger partial charge >= 0.3 is 11.9 Å². The van der Waals surface area contributed by atoms with E-state index in [0.717, 1.165) is 0 Å². The fourth-order valence-corrected chi connectivity index (χ4v) is 0.0500. The molecule has 0 aliphatic carbocycles. The summed E-state index contributed by atoms with van der Waals surface area (Å²) in [5.41, 5.74) is 1.77. The number of aliphatic hydroxyl groups is 1. The first kappa shape index (κ1) is 12.5. The zero-order valence-corrected chi connectivity index (χ0v) is 5.52. The van der Waals surface area contributed by atoms with E-state index in [1.54, 1.807) is 5.48 Å². The molecule has 0 aromatic rings. The van der Waals surface area contributed by atoms with E-state index >= 15 is 0 Å². The number of carbonyl (C=O) groups is 2. The number of hydrogen-bond acceptors (Lipinski definition) is 5. The van der Waals surface area contributed by atoms with Crippen molar-refractivity contribution in [1.82, 2.24) is 5.48 Å². The zero-order valence-electron chi connectivity index (χ0n) is 5.52. The van der Waals surface area contributed by atoms with Crippen LogP contribution in [0.4, 0.5) is 0 Å². The molecule has 0 radical (unpaired) electrons. The van der Waals surface area contributed by atoms with Crippen molar-refractivity contribution in [3.63, 3.8) is 0 Å². The fraction of sp³-hybridized carbons (Fsp3) is 0.500. The molecule has 5 N–H and O–H groups in total. The molecule has 0 heterocycles. The first-order chi connectivity index (χ1) is 5.06. The molecule has 0 rings (SSSR count). The summed E-state index contributed by atoms with van der Waals surface area (Å²) in [5, 5.41) is 30.3. The third kappa shape index (κ3) is 17.7. The number of hydroxylamine groups is 1. The Balaban J connectivity index is 0. The quantitative estimate of drug-likeness (QED) is 0.240. The van der Waals surface area contributed by atoms with E-state index in [0.29, 0.717) is 0 Å². The minimum Gasteiger partial charge on any atom is -0.473 e. The number of aliphatic carboxylic acids is 2. The van der Waals surface area contributed by atoms with Gasteiger partial charge in [-0.25, -0.2) is 15.1 Å². The van der Waals surface area contributed by atoms with Crippen LogP contribution < -0.4 is 5.48 Å². The lowest BCUT2D eigenvalue weighted by Crippen LogP contribution is -2.11. The lowest BCUT2D eigenvalue weighted by molar-refractivity contribution is -0.159. The molecule has 0 spiro atoms. The van der Waals surface area contributed by atoms with E-state index in [9.17, 15) is 0 Å². The second-order valence-electron chi connectivity index (χ2n) is 1.24. The van der Waals surface area contributed by atoms with E-state index in [2.05, 4.69) is 0 Å². The Morgan fingerprint density at radius 2 is 1.55 bits per heavy atom. The van der Waals surface area contributed by atoms with Crippen LogP contribution in [0, 0.1) is 0 Å². The van der Waals surface area contributed by atoms with Crippen molar-refractivity contribution < 1.29 is 30.1 Å². The first-order valence-corrected chi connectivity index (χ1v) is 2.50. The smallest absolute Gasteiger partial charge is 0.414 e. The molecule has 0 amide bonds. The highest BCUT2D eigenvalue weighted by Gasteiger charge is 2.04. The van der Waals surface area contributed by atoms with Gasteiger partial charge in [0.25, 0.3) is 0 Å². The summed E-state index contributed by atoms with van der Waals surface area (Å²) in [6, 6.07) is 0. The Morgan fingerprint density at radius 3 is 1.55 bits per heavy atom. The van der Waals surface area contributed by atoms with Gasteiger partial charge in [0.2, 0.25) is 0 Å². The van der Waals surface area contributed by atoms with Gasteiger partial charge in [0.05, 0.1) is 6.61 Å². The van der Waals surface area contributed by atoms with E-state index in [4.69, 9.17) is 30.1 Å². The third-order valence-corrected chi connectivity index (χ3v) is 0.407. The molecule has 66 valence electrons. The Bertz CT molecular complexity index is 110. The van der Waals surface area contributed by atoms with Crippen molar-refractivity contribution in [1.29, 1.82) is 0 Å². The maximum Gasteiger partial charge on any atom is 0.414 e. The molecule has 7 heteroatoms. The first-order valence-electron chi connectivity index (χ1n) is 2.50. The molecule has 7 nitrogen and oxygen atoms in total. The van der Waals surface area contributed by atoms with Crippen LogP contribution in [0.5, 0.6) is 0 Å². The average molecular weight is 167 g/mol. The van der Waals surface area contributed by atoms with Crippen LogP contribution in [0.25, 0.3) is 0 Å². The molecule has 0 saturated carbocycles. The lowest BCUT2D eigenvalue weighted by Gasteiger charge is -1.83. The van der Waals surface area contributed by atoms with Crippen LogP contribution in [0.15, 0.2) is 0 Å². The molecular weight excluding hydrogens is 158 g/mol. The summed E-state index contributed by atoms with van der Waals surface area (Å²) < 4.78 is 0. The molecule has 0 unspecified atom stereocenters. The van der Waals surface area contributed by atoms with Crippen molar-refractivity contribution >= 4 is 11.9 Å². The highest BCUT2D eigenvalue weighted by molar-refractivity contribution is 6.27. The van der Waals surface area contributed by atoms with Crippen LogP contribution in [-0.4, -0.2) is 45.6 Å². The maximum absolute atomic E-state index is 9.10. The molecule has 0 bridgehead atoms. The molecule has 0 aliphatic heterocycles. The van der Waals surface area contributed by atoms with Crippen molar-refractivity contribution in [3.8, 4) is 0 Å². The minimum absolute atomic E-state index is 0.0174. The van der Waals surface area contributed by atoms with Gasteiger partial charge in [-0.3, -0.25) is 0 Å². The largest absolute Gasteiger partial charge is 0.473 e. The van der Waals surface area contributed by atoms with Gasteiger partial charge in [0, 0.05) is 6.54 Å². The van der Waals surface area contributed by atoms with Crippen LogP contribution in [0.3, 0.4) is 0 Å². The zero-order chi connectivity index (χ0) is 9.28. The monoisotopic (exact) mass is 167 g/mol. The van der Waals surface area contributed by atoms with E-state index in [1.807, 2.05) is 0 Å². The number of rotatable bonds is 2. The molecule has 0 aromatic carbocycles. The summed E-state index contributed by atoms with van der Waals surface area (Å²) in [4.78, 5) is 18.2. The van der Waals surface area contributed by atoms with Gasteiger partial charge in [-0.05, 0) is 0 Å². The normalized spacial score (nSPS) is 7.82. The molecule has 0 aliphatic rings. The highest BCUT2D eigenvalue weighted by atomic mass is 16.5. The van der Waals surface area contributed by atoms with E-state index in [-0.39, 0.29) is 13.2 Å². The SMILES string of the molecule is O=C(O)C(=O)O.OCCNO. The van der Waals surface area contributed by atoms with Crippen molar-refractivity contribution in [2.75, 3.05) is 13.2 Å². The Morgan fingerprint density at radius 1 is 1.18 bits per heavy atom. The van der Waals surface area contributed by atoms with Crippen LogP contribution in [0.2, 0.25) is 0 Å². The lowest BCUT2D eigenvalue weighted by atomic mass is 10.7. The van der Waals surface area contributed by atoms with Gasteiger partial charge in [0.1, 0.15) is 0 Å². The summed E-state index contributed by atoms with van der Waals surface area (Å²) in [5.74, 6) is -3.65. The summed E-state index contributed by atoms with van der Waals surface area (Å²) in [7, 11) is 0. The van der Waals surface area contributed by atoms with E-state index < -0.39 is 11.9 Å². The van der Waals surface area contributed by atoms with Crippen LogP contribution >= 0.6 is 0 Å². The van der Waals surface area contributed by atoms with Crippen LogP contribution in [-0.2, 0) is 9.59 Å². The predicted octanol–water partition coefficient (Wildman–Crippen LogP) is -1.89. The number of carboxylic acid groups (broad SMARTS) is 2. The second-order valence-corrected chi connectivity index (χ2v) is 1.24. The van der Waals surface area contributed by atoms with E-state index in [1.165, 1.54) is 0 Å². The molecule has 0 saturated heterocycles. The number of nitrogens with one attached hydrogen (secondary N) is 1. The van der Waals surface area contributed by atoms with Gasteiger partial charge in [0.15, 0.2) is 0 Å². The van der Waals surface area contributed by atoms with Gasteiger partial charge in [-0.15, -0.1) is 0 Å². The maximum atomic E-state index is 9.10. The van der Waals surface area contributed by atoms with Gasteiger partial charge < -0.3 is 20.5 Å². The predicted molar refractivity (Wildman–Crippen MR) is 32.1 cm³/mol. The van der Waals surface area contributed by atoms with Crippen LogP contribution in [0.1, 0.15) is 0 Å². The third-order valence-electron chi connectivity index (χ3n) is 0.407. The number of carboxylic acids is 2. The van der Waals surface area contributed by atoms with Gasteiger partial charge in [-0.2, -0.15) is 0 Å². The summed E-state index contributed by atoms with van der Waals surface area (Å²) in [6.07, 6.45) is 0. The number of aliphatic hydroxyl groups excluding tert-OH is 1. The molecule has 0 fully saturated rings. The summed E-state index contributed by atoms with van der Waals surface area (Å²) in [6.45, 7) is 0.233. The summed E-state index contributed by atoms with van der Waals surface area (Å²) >= 11 is 0. The highest BCUT2D eigenvalue weighted by Crippen LogP contribution is 1.56. The minimum atomic E-state index is -1.82. The average Bonchev–Trinajstić information content (AvgIpc) is 1.90. The number of hydrogen-bond donors (Lipinski definition) is 5. The molecule has 0 aromatic heterocycles. The van der Waals surface area contributed by atoms with Crippen molar-refractivity contribution in [3.05, 3.63) is 0 Å². The second kappa shape index (κ2) is 8.82. The molecule has 0 atom stereocenters.